The molecule has 0 fully saturated rings. The summed E-state index contributed by atoms with van der Waals surface area (Å²) in [4.78, 5) is 38.3. The highest BCUT2D eigenvalue weighted by atomic mass is 16.6. The minimum absolute atomic E-state index is 0.102. The number of esters is 3. The minimum atomic E-state index is -0.815. The number of hydrogen-bond acceptors (Lipinski definition) is 6. The Hall–Kier alpha value is -3.41. The van der Waals surface area contributed by atoms with Gasteiger partial charge in [0.15, 0.2) is 6.10 Å². The first-order valence-electron chi connectivity index (χ1n) is 36.1. The Labute approximate surface area is 515 Å². The van der Waals surface area contributed by atoms with Crippen molar-refractivity contribution in [3.63, 3.8) is 0 Å². The number of allylic oxidation sites excluding steroid dienone is 14. The van der Waals surface area contributed by atoms with Crippen LogP contribution in [0.5, 0.6) is 0 Å². The second kappa shape index (κ2) is 71.1. The molecule has 0 N–H and O–H groups in total. The smallest absolute Gasteiger partial charge is 0.306 e. The third-order valence-corrected chi connectivity index (χ3v) is 15.9. The summed E-state index contributed by atoms with van der Waals surface area (Å²) in [5.74, 6) is -0.972. The van der Waals surface area contributed by atoms with E-state index in [2.05, 4.69) is 99.8 Å². The number of carbonyl (C=O) groups excluding carboxylic acids is 3. The molecular formula is C77H136O6. The van der Waals surface area contributed by atoms with Crippen molar-refractivity contribution in [2.24, 2.45) is 0 Å². The molecule has 0 rings (SSSR count). The molecule has 83 heavy (non-hydrogen) atoms. The van der Waals surface area contributed by atoms with Crippen LogP contribution in [0.15, 0.2) is 85.1 Å². The Balaban J connectivity index is 4.13. The molecule has 480 valence electrons. The van der Waals surface area contributed by atoms with Crippen molar-refractivity contribution >= 4 is 17.9 Å². The summed E-state index contributed by atoms with van der Waals surface area (Å²) >= 11 is 0. The van der Waals surface area contributed by atoms with Crippen LogP contribution in [0, 0.1) is 0 Å². The van der Waals surface area contributed by atoms with Crippen LogP contribution in [0.4, 0.5) is 0 Å². The van der Waals surface area contributed by atoms with Gasteiger partial charge in [0.1, 0.15) is 13.2 Å². The van der Waals surface area contributed by atoms with Crippen molar-refractivity contribution < 1.29 is 28.6 Å². The molecule has 0 spiro atoms. The monoisotopic (exact) mass is 1160 g/mol. The molecule has 0 saturated carbocycles. The van der Waals surface area contributed by atoms with Crippen LogP contribution in [0.25, 0.3) is 0 Å². The van der Waals surface area contributed by atoms with Gasteiger partial charge >= 0.3 is 17.9 Å². The van der Waals surface area contributed by atoms with E-state index in [-0.39, 0.29) is 37.5 Å². The van der Waals surface area contributed by atoms with Gasteiger partial charge in [0, 0.05) is 19.3 Å². The van der Waals surface area contributed by atoms with E-state index >= 15 is 0 Å². The molecular weight excluding hydrogens is 1020 g/mol. The van der Waals surface area contributed by atoms with E-state index in [0.717, 1.165) is 77.0 Å². The van der Waals surface area contributed by atoms with Gasteiger partial charge < -0.3 is 14.2 Å². The predicted octanol–water partition coefficient (Wildman–Crippen LogP) is 25.0. The molecule has 0 aliphatic rings. The molecule has 0 bridgehead atoms. The maximum Gasteiger partial charge on any atom is 0.306 e. The van der Waals surface area contributed by atoms with Crippen molar-refractivity contribution in [1.82, 2.24) is 0 Å². The molecule has 0 saturated heterocycles. The lowest BCUT2D eigenvalue weighted by Gasteiger charge is -2.18. The fourth-order valence-corrected chi connectivity index (χ4v) is 10.5. The summed E-state index contributed by atoms with van der Waals surface area (Å²) in [6, 6.07) is 0. The van der Waals surface area contributed by atoms with Gasteiger partial charge in [0.05, 0.1) is 0 Å². The highest BCUT2D eigenvalue weighted by Gasteiger charge is 2.19. The van der Waals surface area contributed by atoms with Crippen LogP contribution in [0.3, 0.4) is 0 Å². The zero-order chi connectivity index (χ0) is 59.9. The highest BCUT2D eigenvalue weighted by Crippen LogP contribution is 2.18. The SMILES string of the molecule is CC/C=C\C/C=C\C/C=C\C/C=C\C/C=C\C/C=C\CCC(=O)OC(COC(=O)CCCCCCCCCCCCC)COC(=O)CCCCCCCCCCCCCCCCCCCCCCCCC/C=C\CCCCCCCCCC. The summed E-state index contributed by atoms with van der Waals surface area (Å²) in [5, 5.41) is 0. The standard InChI is InChI=1S/C77H136O6/c1-4-7-10-13-16-19-22-24-26-28-30-31-32-33-34-35-36-37-38-39-40-41-42-43-44-45-47-48-50-52-55-58-61-64-67-70-76(79)82-73-74(72-81-75(78)69-66-63-60-57-54-21-18-15-12-9-6-3)83-77(80)71-68-65-62-59-56-53-51-49-46-29-27-25-23-20-17-14-11-8-5-2/h8,11,17,20,25,27-28,30,46,49,53,56,62,65,74H,4-7,9-10,12-16,18-19,21-24,26,29,31-45,47-48,50-52,54-55,57-61,63-64,66-73H2,1-3H3/b11-8-,20-17-,27-25-,30-28-,49-46-,56-53-,65-62-. The van der Waals surface area contributed by atoms with Gasteiger partial charge in [-0.05, 0) is 83.5 Å². The van der Waals surface area contributed by atoms with Crippen molar-refractivity contribution in [2.45, 2.75) is 374 Å². The van der Waals surface area contributed by atoms with Crippen molar-refractivity contribution in [3.05, 3.63) is 85.1 Å². The molecule has 1 atom stereocenters. The fourth-order valence-electron chi connectivity index (χ4n) is 10.5. The average molecular weight is 1160 g/mol. The lowest BCUT2D eigenvalue weighted by Crippen LogP contribution is -2.30. The van der Waals surface area contributed by atoms with Gasteiger partial charge in [-0.15, -0.1) is 0 Å². The molecule has 0 amide bonds. The number of hydrogen-bond donors (Lipinski definition) is 0. The van der Waals surface area contributed by atoms with Gasteiger partial charge in [-0.1, -0.05) is 350 Å². The number of ether oxygens (including phenoxy) is 3. The summed E-state index contributed by atoms with van der Waals surface area (Å²) in [7, 11) is 0. The zero-order valence-electron chi connectivity index (χ0n) is 55.2. The largest absolute Gasteiger partial charge is 0.462 e. The van der Waals surface area contributed by atoms with Crippen LogP contribution in [0.1, 0.15) is 367 Å². The van der Waals surface area contributed by atoms with Crippen molar-refractivity contribution in [1.29, 1.82) is 0 Å². The normalized spacial score (nSPS) is 12.6. The summed E-state index contributed by atoms with van der Waals surface area (Å²) < 4.78 is 16.9. The molecule has 0 aliphatic carbocycles. The zero-order valence-corrected chi connectivity index (χ0v) is 55.2. The molecule has 6 nitrogen and oxygen atoms in total. The Morgan fingerprint density at radius 3 is 0.783 bits per heavy atom. The van der Waals surface area contributed by atoms with Crippen LogP contribution in [-0.4, -0.2) is 37.2 Å². The third-order valence-electron chi connectivity index (χ3n) is 15.9. The summed E-state index contributed by atoms with van der Waals surface area (Å²) in [5.41, 5.74) is 0. The van der Waals surface area contributed by atoms with Gasteiger partial charge in [0.25, 0.3) is 0 Å². The molecule has 0 heterocycles. The first kappa shape index (κ1) is 79.6. The Bertz CT molecular complexity index is 1570. The topological polar surface area (TPSA) is 78.9 Å². The van der Waals surface area contributed by atoms with E-state index in [9.17, 15) is 14.4 Å². The van der Waals surface area contributed by atoms with Gasteiger partial charge in [-0.25, -0.2) is 0 Å². The molecule has 0 aromatic rings. The first-order valence-corrected chi connectivity index (χ1v) is 36.1. The molecule has 0 aliphatic heterocycles. The quantitative estimate of drug-likeness (QED) is 0.0261. The van der Waals surface area contributed by atoms with Crippen LogP contribution >= 0.6 is 0 Å². The van der Waals surface area contributed by atoms with Crippen molar-refractivity contribution in [3.8, 4) is 0 Å². The number of rotatable bonds is 66. The Kier molecular flexibility index (Phi) is 68.2. The van der Waals surface area contributed by atoms with Gasteiger partial charge in [-0.2, -0.15) is 0 Å². The molecule has 0 aromatic heterocycles. The first-order chi connectivity index (χ1) is 41.0. The number of unbranched alkanes of at least 4 members (excludes halogenated alkanes) is 41. The Morgan fingerprint density at radius 1 is 0.253 bits per heavy atom. The molecule has 1 unspecified atom stereocenters. The third kappa shape index (κ3) is 69.3. The second-order valence-corrected chi connectivity index (χ2v) is 24.1. The predicted molar refractivity (Wildman–Crippen MR) is 362 cm³/mol. The highest BCUT2D eigenvalue weighted by molar-refractivity contribution is 5.71. The fraction of sp³-hybridized carbons (Fsp3) is 0.779. The average Bonchev–Trinajstić information content (AvgIpc) is 3.48. The molecule has 6 heteroatoms. The summed E-state index contributed by atoms with van der Waals surface area (Å²) in [6.07, 6.45) is 95.2. The molecule has 0 radical (unpaired) electrons. The maximum atomic E-state index is 12.9. The lowest BCUT2D eigenvalue weighted by atomic mass is 10.0. The minimum Gasteiger partial charge on any atom is -0.462 e. The van der Waals surface area contributed by atoms with Gasteiger partial charge in [-0.3, -0.25) is 14.4 Å². The van der Waals surface area contributed by atoms with Gasteiger partial charge in [0.2, 0.25) is 0 Å². The van der Waals surface area contributed by atoms with Crippen LogP contribution in [0.2, 0.25) is 0 Å². The second-order valence-electron chi connectivity index (χ2n) is 24.1. The Morgan fingerprint density at radius 2 is 0.494 bits per heavy atom. The van der Waals surface area contributed by atoms with Crippen LogP contribution < -0.4 is 0 Å². The van der Waals surface area contributed by atoms with E-state index < -0.39 is 6.10 Å². The van der Waals surface area contributed by atoms with E-state index in [1.54, 1.807) is 0 Å². The van der Waals surface area contributed by atoms with Crippen LogP contribution in [-0.2, 0) is 28.6 Å². The maximum absolute atomic E-state index is 12.9. The van der Waals surface area contributed by atoms with E-state index in [1.807, 2.05) is 6.08 Å². The molecule has 0 aromatic carbocycles. The van der Waals surface area contributed by atoms with E-state index in [1.165, 1.54) is 244 Å². The number of carbonyl (C=O) groups is 3. The van der Waals surface area contributed by atoms with E-state index in [4.69, 9.17) is 14.2 Å². The van der Waals surface area contributed by atoms with E-state index in [0.29, 0.717) is 19.3 Å². The van der Waals surface area contributed by atoms with Crippen molar-refractivity contribution in [2.75, 3.05) is 13.2 Å². The lowest BCUT2D eigenvalue weighted by molar-refractivity contribution is -0.166. The summed E-state index contributed by atoms with van der Waals surface area (Å²) in [6.45, 7) is 6.50.